The zero-order valence-corrected chi connectivity index (χ0v) is 21.6. The molecule has 1 heterocycles. The Morgan fingerprint density at radius 1 is 0.579 bits per heavy atom. The molecule has 0 amide bonds. The quantitative estimate of drug-likeness (QED) is 0.148. The van der Waals surface area contributed by atoms with Crippen LogP contribution in [0.5, 0.6) is 0 Å². The minimum absolute atomic E-state index is 0.843. The van der Waals surface area contributed by atoms with Crippen LogP contribution in [0.1, 0.15) is 22.3 Å². The second kappa shape index (κ2) is 12.0. The normalized spacial score (nSPS) is 11.8. The van der Waals surface area contributed by atoms with Gasteiger partial charge in [-0.2, -0.15) is 0 Å². The number of nitrogens with zero attached hydrogens (tertiary/aromatic N) is 1. The van der Waals surface area contributed by atoms with Gasteiger partial charge in [-0.1, -0.05) is 122 Å². The van der Waals surface area contributed by atoms with Crippen LogP contribution in [-0.4, -0.2) is 4.98 Å². The van der Waals surface area contributed by atoms with Gasteiger partial charge in [0.25, 0.3) is 0 Å². The fourth-order valence-corrected chi connectivity index (χ4v) is 5.09. The molecule has 1 aromatic heterocycles. The Bertz CT molecular complexity index is 1630. The Morgan fingerprint density at radius 3 is 1.76 bits per heavy atom. The number of aromatic nitrogens is 1. The van der Waals surface area contributed by atoms with Crippen LogP contribution in [0, 0.1) is 0 Å². The summed E-state index contributed by atoms with van der Waals surface area (Å²) in [4.78, 5) is 4.15. The van der Waals surface area contributed by atoms with Crippen molar-refractivity contribution >= 4 is 33.7 Å². The van der Waals surface area contributed by atoms with Crippen LogP contribution in [0.25, 0.3) is 44.8 Å². The van der Waals surface area contributed by atoms with Crippen molar-refractivity contribution in [1.82, 2.24) is 4.98 Å². The molecule has 0 unspecified atom stereocenters. The van der Waals surface area contributed by atoms with E-state index in [9.17, 15) is 0 Å². The maximum Gasteiger partial charge on any atom is 0.0273 e. The van der Waals surface area contributed by atoms with Crippen LogP contribution in [0.3, 0.4) is 0 Å². The minimum atomic E-state index is 0.843. The maximum absolute atomic E-state index is 4.15. The van der Waals surface area contributed by atoms with E-state index in [2.05, 4.69) is 109 Å². The molecule has 0 N–H and O–H groups in total. The van der Waals surface area contributed by atoms with E-state index in [0.29, 0.717) is 0 Å². The molecule has 184 valence electrons. The molecule has 0 spiro atoms. The molecule has 0 atom stereocenters. The van der Waals surface area contributed by atoms with Crippen molar-refractivity contribution in [3.05, 3.63) is 163 Å². The number of hydrogen-bond donors (Lipinski definition) is 0. The van der Waals surface area contributed by atoms with Gasteiger partial charge in [0.2, 0.25) is 0 Å². The van der Waals surface area contributed by atoms with E-state index in [4.69, 9.17) is 0 Å². The molecule has 0 saturated carbocycles. The first kappa shape index (κ1) is 24.9. The third-order valence-corrected chi connectivity index (χ3v) is 6.91. The second-order valence-corrected chi connectivity index (χ2v) is 9.19. The Hall–Kier alpha value is -4.75. The number of benzene rings is 4. The Labute approximate surface area is 225 Å². The van der Waals surface area contributed by atoms with Crippen LogP contribution in [0.2, 0.25) is 0 Å². The van der Waals surface area contributed by atoms with Crippen molar-refractivity contribution in [1.29, 1.82) is 0 Å². The molecule has 0 radical (unpaired) electrons. The predicted octanol–water partition coefficient (Wildman–Crippen LogP) is 9.79. The summed E-state index contributed by atoms with van der Waals surface area (Å²) >= 11 is 0. The molecule has 1 heteroatoms. The lowest BCUT2D eigenvalue weighted by molar-refractivity contribution is 1.30. The molecule has 0 aliphatic carbocycles. The first-order valence-electron chi connectivity index (χ1n) is 13.0. The van der Waals surface area contributed by atoms with Crippen molar-refractivity contribution in [2.24, 2.45) is 0 Å². The van der Waals surface area contributed by atoms with Gasteiger partial charge in [0.05, 0.1) is 0 Å². The molecule has 0 fully saturated rings. The third kappa shape index (κ3) is 5.33. The average molecular weight is 490 g/mol. The van der Waals surface area contributed by atoms with E-state index in [-0.39, 0.29) is 0 Å². The zero-order chi connectivity index (χ0) is 26.2. The number of fused-ring (bicyclic) bond motifs is 2. The minimum Gasteiger partial charge on any atom is -0.265 e. The van der Waals surface area contributed by atoms with E-state index >= 15 is 0 Å². The van der Waals surface area contributed by atoms with E-state index in [1.54, 1.807) is 6.08 Å². The lowest BCUT2D eigenvalue weighted by atomic mass is 9.89. The molecule has 5 rings (SSSR count). The van der Waals surface area contributed by atoms with Gasteiger partial charge in [-0.05, 0) is 86.0 Å². The third-order valence-electron chi connectivity index (χ3n) is 6.91. The number of pyridine rings is 1. The molecule has 0 aliphatic rings. The predicted molar refractivity (Wildman–Crippen MR) is 166 cm³/mol. The van der Waals surface area contributed by atoms with Crippen molar-refractivity contribution < 1.29 is 0 Å². The van der Waals surface area contributed by atoms with E-state index in [0.717, 1.165) is 29.5 Å². The molecule has 0 bridgehead atoms. The summed E-state index contributed by atoms with van der Waals surface area (Å²) in [7, 11) is 0. The summed E-state index contributed by atoms with van der Waals surface area (Å²) in [5.41, 5.74) is 7.35. The molecule has 0 aliphatic heterocycles. The highest BCUT2D eigenvalue weighted by Crippen LogP contribution is 2.34. The zero-order valence-electron chi connectivity index (χ0n) is 21.6. The van der Waals surface area contributed by atoms with Gasteiger partial charge < -0.3 is 0 Å². The van der Waals surface area contributed by atoms with Crippen molar-refractivity contribution in [3.63, 3.8) is 0 Å². The Morgan fingerprint density at radius 2 is 1.18 bits per heavy atom. The second-order valence-electron chi connectivity index (χ2n) is 9.19. The van der Waals surface area contributed by atoms with Gasteiger partial charge in [-0.15, -0.1) is 0 Å². The average Bonchev–Trinajstić information content (AvgIpc) is 2.98. The van der Waals surface area contributed by atoms with Crippen LogP contribution < -0.4 is 0 Å². The maximum atomic E-state index is 4.15. The van der Waals surface area contributed by atoms with Crippen LogP contribution in [-0.2, 0) is 12.8 Å². The number of rotatable bonds is 9. The summed E-state index contributed by atoms with van der Waals surface area (Å²) in [5, 5.41) is 5.27. The highest BCUT2D eigenvalue weighted by atomic mass is 14.6. The van der Waals surface area contributed by atoms with Gasteiger partial charge >= 0.3 is 0 Å². The summed E-state index contributed by atoms with van der Waals surface area (Å²) in [6.45, 7) is 7.78. The highest BCUT2D eigenvalue weighted by molar-refractivity contribution is 6.06. The Balaban J connectivity index is 1.54. The monoisotopic (exact) mass is 489 g/mol. The van der Waals surface area contributed by atoms with Gasteiger partial charge in [-0.3, -0.25) is 4.98 Å². The number of allylic oxidation sites excluding steroid dienone is 6. The lowest BCUT2D eigenvalue weighted by Gasteiger charge is -2.15. The standard InChI is InChI=1S/C37H31N/c1-3-5-6-7-8-15-32-33-16-9-11-18-35(33)37(36-19-12-10-17-34(32)36)20-13-14-30-27-31(22-21-28(30)4-2)29-23-25-38-26-24-29/h3-14,16-19,21-27H,1-2,15,20H2/b6-5-,8-7-,14-13-. The summed E-state index contributed by atoms with van der Waals surface area (Å²) in [6, 6.07) is 28.2. The molecule has 4 aromatic carbocycles. The van der Waals surface area contributed by atoms with Crippen molar-refractivity contribution in [2.75, 3.05) is 0 Å². The van der Waals surface area contributed by atoms with Gasteiger partial charge in [0.1, 0.15) is 0 Å². The van der Waals surface area contributed by atoms with Crippen LogP contribution in [0.15, 0.2) is 141 Å². The van der Waals surface area contributed by atoms with E-state index in [1.807, 2.05) is 42.8 Å². The molecular formula is C37H31N. The highest BCUT2D eigenvalue weighted by Gasteiger charge is 2.12. The molecule has 1 nitrogen and oxygen atoms in total. The van der Waals surface area contributed by atoms with Crippen molar-refractivity contribution in [2.45, 2.75) is 12.8 Å². The first-order chi connectivity index (χ1) is 18.8. The van der Waals surface area contributed by atoms with Gasteiger partial charge in [-0.25, -0.2) is 0 Å². The molecule has 5 aromatic rings. The Kier molecular flexibility index (Phi) is 7.86. The smallest absolute Gasteiger partial charge is 0.0273 e. The van der Waals surface area contributed by atoms with Crippen molar-refractivity contribution in [3.8, 4) is 11.1 Å². The lowest BCUT2D eigenvalue weighted by Crippen LogP contribution is -1.95. The summed E-state index contributed by atoms with van der Waals surface area (Å²) < 4.78 is 0. The molecular weight excluding hydrogens is 458 g/mol. The van der Waals surface area contributed by atoms with Crippen LogP contribution >= 0.6 is 0 Å². The summed E-state index contributed by atoms with van der Waals surface area (Å²) in [6.07, 6.45) is 21.9. The van der Waals surface area contributed by atoms with E-state index < -0.39 is 0 Å². The molecule has 0 saturated heterocycles. The fourth-order valence-electron chi connectivity index (χ4n) is 5.09. The topological polar surface area (TPSA) is 12.9 Å². The van der Waals surface area contributed by atoms with Gasteiger partial charge in [0, 0.05) is 12.4 Å². The van der Waals surface area contributed by atoms with E-state index in [1.165, 1.54) is 38.2 Å². The summed E-state index contributed by atoms with van der Waals surface area (Å²) in [5.74, 6) is 0. The van der Waals surface area contributed by atoms with Gasteiger partial charge in [0.15, 0.2) is 0 Å². The number of hydrogen-bond acceptors (Lipinski definition) is 1. The SMILES string of the molecule is C=C/C=C\C=C/Cc1c2ccccc2c(C/C=C\c2cc(-c3ccncc3)ccc2C=C)c2ccccc12. The first-order valence-corrected chi connectivity index (χ1v) is 13.0. The largest absolute Gasteiger partial charge is 0.265 e. The van der Waals surface area contributed by atoms with Crippen LogP contribution in [0.4, 0.5) is 0 Å². The fraction of sp³-hybridized carbons (Fsp3) is 0.0541. The molecule has 38 heavy (non-hydrogen) atoms.